The Morgan fingerprint density at radius 3 is 2.50 bits per heavy atom. The fraction of sp³-hybridized carbons (Fsp3) is 0.647. The summed E-state index contributed by atoms with van der Waals surface area (Å²) in [5.74, 6) is 1.53. The van der Waals surface area contributed by atoms with Gasteiger partial charge in [-0.2, -0.15) is 0 Å². The van der Waals surface area contributed by atoms with Gasteiger partial charge >= 0.3 is 0 Å². The first-order valence-electron chi connectivity index (χ1n) is 7.54. The van der Waals surface area contributed by atoms with E-state index in [-0.39, 0.29) is 0 Å². The lowest BCUT2D eigenvalue weighted by atomic mass is 9.76. The van der Waals surface area contributed by atoms with Gasteiger partial charge in [-0.1, -0.05) is 65.0 Å². The molecule has 0 aliphatic heterocycles. The quantitative estimate of drug-likeness (QED) is 0.524. The van der Waals surface area contributed by atoms with Crippen molar-refractivity contribution in [2.75, 3.05) is 11.9 Å². The zero-order valence-electron chi connectivity index (χ0n) is 12.4. The highest BCUT2D eigenvalue weighted by Gasteiger charge is 2.32. The maximum absolute atomic E-state index is 6.24. The van der Waals surface area contributed by atoms with Crippen LogP contribution < -0.4 is 4.74 Å². The molecule has 112 valence electrons. The largest absolute Gasteiger partial charge is 0.493 e. The average molecular weight is 404 g/mol. The first-order valence-corrected chi connectivity index (χ1v) is 9.46. The van der Waals surface area contributed by atoms with E-state index in [1.807, 2.05) is 0 Å². The number of alkyl halides is 1. The predicted molar refractivity (Wildman–Crippen MR) is 93.0 cm³/mol. The molecule has 0 atom stereocenters. The Morgan fingerprint density at radius 2 is 1.90 bits per heavy atom. The molecular weight excluding hydrogens is 380 g/mol. The van der Waals surface area contributed by atoms with Crippen molar-refractivity contribution in [2.24, 2.45) is 5.41 Å². The number of rotatable bonds is 5. The van der Waals surface area contributed by atoms with E-state index < -0.39 is 0 Å². The maximum atomic E-state index is 6.24. The number of benzene rings is 1. The molecule has 0 amide bonds. The van der Waals surface area contributed by atoms with Crippen LogP contribution >= 0.6 is 31.9 Å². The van der Waals surface area contributed by atoms with Crippen molar-refractivity contribution < 1.29 is 4.74 Å². The minimum Gasteiger partial charge on any atom is -0.493 e. The first kappa shape index (κ1) is 16.4. The van der Waals surface area contributed by atoms with E-state index >= 15 is 0 Å². The summed E-state index contributed by atoms with van der Waals surface area (Å²) < 4.78 is 7.36. The van der Waals surface area contributed by atoms with Crippen LogP contribution in [-0.2, 0) is 0 Å². The summed E-state index contributed by atoms with van der Waals surface area (Å²) in [7, 11) is 0. The number of hydrogen-bond donors (Lipinski definition) is 0. The fourth-order valence-electron chi connectivity index (χ4n) is 2.95. The van der Waals surface area contributed by atoms with Gasteiger partial charge in [-0.05, 0) is 42.5 Å². The molecule has 0 spiro atoms. The lowest BCUT2D eigenvalue weighted by molar-refractivity contribution is 0.121. The normalized spacial score (nSPS) is 18.2. The SMILES string of the molecule is CC(C)c1cc(Br)ccc1OCC1(CBr)CCCCC1. The zero-order chi connectivity index (χ0) is 14.6. The van der Waals surface area contributed by atoms with Gasteiger partial charge in [-0.15, -0.1) is 0 Å². The molecule has 0 saturated heterocycles. The Kier molecular flexibility index (Phi) is 5.97. The van der Waals surface area contributed by atoms with Crippen molar-refractivity contribution in [3.05, 3.63) is 28.2 Å². The van der Waals surface area contributed by atoms with E-state index in [2.05, 4.69) is 63.9 Å². The molecule has 0 N–H and O–H groups in total. The lowest BCUT2D eigenvalue weighted by Gasteiger charge is -2.35. The molecule has 2 rings (SSSR count). The second-order valence-electron chi connectivity index (χ2n) is 6.32. The predicted octanol–water partition coefficient (Wildman–Crippen LogP) is 6.30. The van der Waals surface area contributed by atoms with Gasteiger partial charge in [0.15, 0.2) is 0 Å². The van der Waals surface area contributed by atoms with E-state index in [0.717, 1.165) is 22.2 Å². The van der Waals surface area contributed by atoms with Crippen molar-refractivity contribution in [3.8, 4) is 5.75 Å². The number of ether oxygens (including phenoxy) is 1. The Bertz CT molecular complexity index is 437. The molecule has 1 nitrogen and oxygen atoms in total. The highest BCUT2D eigenvalue weighted by atomic mass is 79.9. The first-order chi connectivity index (χ1) is 9.56. The second kappa shape index (κ2) is 7.31. The van der Waals surface area contributed by atoms with E-state index in [1.54, 1.807) is 0 Å². The topological polar surface area (TPSA) is 9.23 Å². The van der Waals surface area contributed by atoms with Crippen LogP contribution in [0.3, 0.4) is 0 Å². The van der Waals surface area contributed by atoms with Crippen molar-refractivity contribution >= 4 is 31.9 Å². The highest BCUT2D eigenvalue weighted by Crippen LogP contribution is 2.39. The van der Waals surface area contributed by atoms with Crippen molar-refractivity contribution in [1.82, 2.24) is 0 Å². The molecule has 3 heteroatoms. The Hall–Kier alpha value is -0.0200. The van der Waals surface area contributed by atoms with Crippen LogP contribution in [0, 0.1) is 5.41 Å². The maximum Gasteiger partial charge on any atom is 0.122 e. The van der Waals surface area contributed by atoms with Gasteiger partial charge in [0, 0.05) is 15.2 Å². The van der Waals surface area contributed by atoms with E-state index in [9.17, 15) is 0 Å². The molecule has 0 unspecified atom stereocenters. The summed E-state index contributed by atoms with van der Waals surface area (Å²) in [4.78, 5) is 0. The standard InChI is InChI=1S/C17H24Br2O/c1-13(2)15-10-14(19)6-7-16(15)20-12-17(11-18)8-4-3-5-9-17/h6-7,10,13H,3-5,8-9,11-12H2,1-2H3. The second-order valence-corrected chi connectivity index (χ2v) is 7.80. The smallest absolute Gasteiger partial charge is 0.122 e. The van der Waals surface area contributed by atoms with Crippen LogP contribution in [0.1, 0.15) is 57.4 Å². The monoisotopic (exact) mass is 402 g/mol. The van der Waals surface area contributed by atoms with Gasteiger partial charge in [-0.25, -0.2) is 0 Å². The molecule has 1 aliphatic carbocycles. The minimum absolute atomic E-state index is 0.333. The van der Waals surface area contributed by atoms with Crippen LogP contribution in [-0.4, -0.2) is 11.9 Å². The fourth-order valence-corrected chi connectivity index (χ4v) is 4.05. The molecule has 1 fully saturated rings. The number of hydrogen-bond acceptors (Lipinski definition) is 1. The summed E-state index contributed by atoms with van der Waals surface area (Å²) >= 11 is 7.27. The Labute approximate surface area is 139 Å². The van der Waals surface area contributed by atoms with Gasteiger partial charge in [-0.3, -0.25) is 0 Å². The molecule has 0 bridgehead atoms. The van der Waals surface area contributed by atoms with E-state index in [1.165, 1.54) is 37.7 Å². The minimum atomic E-state index is 0.333. The van der Waals surface area contributed by atoms with Gasteiger partial charge in [0.05, 0.1) is 6.61 Å². The molecular formula is C17H24Br2O. The lowest BCUT2D eigenvalue weighted by Crippen LogP contribution is -2.32. The third kappa shape index (κ3) is 4.00. The van der Waals surface area contributed by atoms with Crippen molar-refractivity contribution in [1.29, 1.82) is 0 Å². The van der Waals surface area contributed by atoms with Gasteiger partial charge in [0.25, 0.3) is 0 Å². The Morgan fingerprint density at radius 1 is 1.20 bits per heavy atom. The molecule has 1 aliphatic rings. The summed E-state index contributed by atoms with van der Waals surface area (Å²) in [5.41, 5.74) is 1.62. The van der Waals surface area contributed by atoms with Crippen LogP contribution in [0.5, 0.6) is 5.75 Å². The molecule has 1 aromatic rings. The molecule has 20 heavy (non-hydrogen) atoms. The summed E-state index contributed by atoms with van der Waals surface area (Å²) in [6.07, 6.45) is 6.63. The zero-order valence-corrected chi connectivity index (χ0v) is 15.6. The van der Waals surface area contributed by atoms with Crippen molar-refractivity contribution in [3.63, 3.8) is 0 Å². The highest BCUT2D eigenvalue weighted by molar-refractivity contribution is 9.10. The molecule has 1 saturated carbocycles. The molecule has 1 aromatic carbocycles. The van der Waals surface area contributed by atoms with Crippen LogP contribution in [0.2, 0.25) is 0 Å². The molecule has 0 aromatic heterocycles. The molecule has 0 radical (unpaired) electrons. The van der Waals surface area contributed by atoms with Crippen LogP contribution in [0.15, 0.2) is 22.7 Å². The van der Waals surface area contributed by atoms with Crippen LogP contribution in [0.4, 0.5) is 0 Å². The summed E-state index contributed by atoms with van der Waals surface area (Å²) in [6.45, 7) is 5.27. The summed E-state index contributed by atoms with van der Waals surface area (Å²) in [5, 5.41) is 1.05. The van der Waals surface area contributed by atoms with Gasteiger partial charge in [0.1, 0.15) is 5.75 Å². The van der Waals surface area contributed by atoms with Crippen molar-refractivity contribution in [2.45, 2.75) is 51.9 Å². The van der Waals surface area contributed by atoms with Crippen LogP contribution in [0.25, 0.3) is 0 Å². The van der Waals surface area contributed by atoms with E-state index in [0.29, 0.717) is 11.3 Å². The third-order valence-corrected chi connectivity index (χ3v) is 6.01. The average Bonchev–Trinajstić information content (AvgIpc) is 2.47. The third-order valence-electron chi connectivity index (χ3n) is 4.33. The number of halogens is 2. The molecule has 0 heterocycles. The Balaban J connectivity index is 2.09. The summed E-state index contributed by atoms with van der Waals surface area (Å²) in [6, 6.07) is 6.36. The van der Waals surface area contributed by atoms with Gasteiger partial charge in [0.2, 0.25) is 0 Å². The van der Waals surface area contributed by atoms with E-state index in [4.69, 9.17) is 4.74 Å². The van der Waals surface area contributed by atoms with Gasteiger partial charge < -0.3 is 4.74 Å².